The monoisotopic (exact) mass is 484 g/mol. The SMILES string of the molecule is O=C(O)c1ccc2c(c(C=Cc3ccc(F)cc3)nn2C(=O)O)c1OCCCOC1CCCCO1. The minimum absolute atomic E-state index is 0.0233. The lowest BCUT2D eigenvalue weighted by Crippen LogP contribution is -2.23. The number of ether oxygens (including phenoxy) is 3. The van der Waals surface area contributed by atoms with Crippen LogP contribution in [-0.4, -0.2) is 58.2 Å². The van der Waals surface area contributed by atoms with Gasteiger partial charge in [0.1, 0.15) is 17.1 Å². The molecule has 2 N–H and O–H groups in total. The van der Waals surface area contributed by atoms with Gasteiger partial charge in [0.25, 0.3) is 0 Å². The predicted molar refractivity (Wildman–Crippen MR) is 125 cm³/mol. The van der Waals surface area contributed by atoms with Gasteiger partial charge in [-0.15, -0.1) is 0 Å². The van der Waals surface area contributed by atoms with Crippen LogP contribution in [0.15, 0.2) is 36.4 Å². The average Bonchev–Trinajstić information content (AvgIpc) is 3.23. The molecule has 0 aliphatic carbocycles. The number of carboxylic acid groups (broad SMARTS) is 2. The van der Waals surface area contributed by atoms with E-state index < -0.39 is 12.1 Å². The number of carboxylic acids is 1. The van der Waals surface area contributed by atoms with Gasteiger partial charge in [0.2, 0.25) is 0 Å². The van der Waals surface area contributed by atoms with Crippen LogP contribution in [0.2, 0.25) is 0 Å². The van der Waals surface area contributed by atoms with Gasteiger partial charge in [-0.2, -0.15) is 9.78 Å². The van der Waals surface area contributed by atoms with Gasteiger partial charge in [-0.25, -0.2) is 14.0 Å². The molecule has 0 radical (unpaired) electrons. The molecule has 9 nitrogen and oxygen atoms in total. The van der Waals surface area contributed by atoms with Crippen LogP contribution in [0, 0.1) is 5.82 Å². The quantitative estimate of drug-likeness (QED) is 0.412. The van der Waals surface area contributed by atoms with E-state index in [2.05, 4.69) is 5.10 Å². The van der Waals surface area contributed by atoms with Gasteiger partial charge >= 0.3 is 12.1 Å². The van der Waals surface area contributed by atoms with Crippen molar-refractivity contribution in [2.24, 2.45) is 0 Å². The molecule has 35 heavy (non-hydrogen) atoms. The Labute approximate surface area is 200 Å². The number of benzene rings is 2. The zero-order valence-corrected chi connectivity index (χ0v) is 18.9. The Morgan fingerprint density at radius 1 is 1.11 bits per heavy atom. The van der Waals surface area contributed by atoms with Crippen LogP contribution in [0.3, 0.4) is 0 Å². The number of halogens is 1. The third kappa shape index (κ3) is 5.84. The van der Waals surface area contributed by atoms with E-state index >= 15 is 0 Å². The van der Waals surface area contributed by atoms with Crippen LogP contribution < -0.4 is 4.74 Å². The number of fused-ring (bicyclic) bond motifs is 1. The summed E-state index contributed by atoms with van der Waals surface area (Å²) in [4.78, 5) is 23.7. The first-order valence-electron chi connectivity index (χ1n) is 11.3. The molecule has 1 atom stereocenters. The maximum Gasteiger partial charge on any atom is 0.432 e. The van der Waals surface area contributed by atoms with Crippen LogP contribution in [-0.2, 0) is 9.47 Å². The van der Waals surface area contributed by atoms with Gasteiger partial charge in [-0.3, -0.25) is 0 Å². The normalized spacial score (nSPS) is 16.1. The van der Waals surface area contributed by atoms with Crippen LogP contribution in [0.25, 0.3) is 23.1 Å². The zero-order chi connectivity index (χ0) is 24.8. The number of aromatic carboxylic acids is 1. The van der Waals surface area contributed by atoms with Crippen molar-refractivity contribution in [1.29, 1.82) is 0 Å². The second-order valence-corrected chi connectivity index (χ2v) is 7.97. The standard InChI is InChI=1S/C25H25FN2O7/c26-17-8-5-16(6-9-17)7-11-19-22-20(28(27-19)25(31)32)12-10-18(24(29)30)23(22)35-15-3-14-34-21-4-1-2-13-33-21/h5-12,21H,1-4,13-15H2,(H,29,30)(H,31,32). The minimum atomic E-state index is -1.33. The minimum Gasteiger partial charge on any atom is -0.492 e. The summed E-state index contributed by atoms with van der Waals surface area (Å²) >= 11 is 0. The first-order valence-corrected chi connectivity index (χ1v) is 11.3. The van der Waals surface area contributed by atoms with E-state index in [9.17, 15) is 24.2 Å². The van der Waals surface area contributed by atoms with Crippen molar-refractivity contribution in [3.8, 4) is 5.75 Å². The third-order valence-corrected chi connectivity index (χ3v) is 5.52. The number of rotatable bonds is 9. The molecule has 1 aromatic heterocycles. The Balaban J connectivity index is 1.61. The topological polar surface area (TPSA) is 120 Å². The van der Waals surface area contributed by atoms with E-state index in [4.69, 9.17) is 14.2 Å². The van der Waals surface area contributed by atoms with E-state index in [1.807, 2.05) is 0 Å². The predicted octanol–water partition coefficient (Wildman–Crippen LogP) is 4.88. The highest BCUT2D eigenvalue weighted by Crippen LogP contribution is 2.34. The summed E-state index contributed by atoms with van der Waals surface area (Å²) in [5, 5.41) is 23.7. The first-order chi connectivity index (χ1) is 16.9. The Kier molecular flexibility index (Phi) is 7.74. The molecular formula is C25H25FN2O7. The van der Waals surface area contributed by atoms with Gasteiger partial charge < -0.3 is 24.4 Å². The highest BCUT2D eigenvalue weighted by atomic mass is 19.1. The molecule has 0 bridgehead atoms. The summed E-state index contributed by atoms with van der Waals surface area (Å²) in [6.45, 7) is 1.19. The summed E-state index contributed by atoms with van der Waals surface area (Å²) in [5.74, 6) is -1.58. The van der Waals surface area contributed by atoms with Gasteiger partial charge in [-0.05, 0) is 55.2 Å². The maximum absolute atomic E-state index is 13.2. The number of hydrogen-bond donors (Lipinski definition) is 2. The molecule has 1 unspecified atom stereocenters. The fourth-order valence-corrected chi connectivity index (χ4v) is 3.83. The van der Waals surface area contributed by atoms with Crippen molar-refractivity contribution in [2.45, 2.75) is 32.0 Å². The summed E-state index contributed by atoms with van der Waals surface area (Å²) in [6.07, 6.45) is 4.98. The Bertz CT molecular complexity index is 1230. The summed E-state index contributed by atoms with van der Waals surface area (Å²) < 4.78 is 31.1. The molecular weight excluding hydrogens is 459 g/mol. The van der Waals surface area contributed by atoms with E-state index in [0.717, 1.165) is 23.9 Å². The van der Waals surface area contributed by atoms with Gasteiger partial charge in [0.05, 0.1) is 29.8 Å². The fourth-order valence-electron chi connectivity index (χ4n) is 3.83. The van der Waals surface area contributed by atoms with E-state index in [1.54, 1.807) is 18.2 Å². The Morgan fingerprint density at radius 2 is 1.91 bits per heavy atom. The Morgan fingerprint density at radius 3 is 2.60 bits per heavy atom. The lowest BCUT2D eigenvalue weighted by atomic mass is 10.1. The van der Waals surface area contributed by atoms with Crippen molar-refractivity contribution < 1.29 is 38.4 Å². The van der Waals surface area contributed by atoms with E-state index in [-0.39, 0.29) is 46.6 Å². The summed E-state index contributed by atoms with van der Waals surface area (Å²) in [7, 11) is 0. The number of carbonyl (C=O) groups is 2. The number of nitrogens with zero attached hydrogens (tertiary/aromatic N) is 2. The molecule has 4 rings (SSSR count). The largest absolute Gasteiger partial charge is 0.492 e. The van der Waals surface area contributed by atoms with Crippen molar-refractivity contribution in [2.75, 3.05) is 19.8 Å². The highest BCUT2D eigenvalue weighted by molar-refractivity contribution is 6.04. The number of hydrogen-bond acceptors (Lipinski definition) is 6. The molecule has 2 aromatic carbocycles. The summed E-state index contributed by atoms with van der Waals surface area (Å²) in [6, 6.07) is 8.37. The molecule has 1 aliphatic heterocycles. The van der Waals surface area contributed by atoms with Gasteiger partial charge in [0, 0.05) is 13.0 Å². The molecule has 1 fully saturated rings. The van der Waals surface area contributed by atoms with Crippen LogP contribution in [0.1, 0.15) is 47.3 Å². The lowest BCUT2D eigenvalue weighted by molar-refractivity contribution is -0.163. The van der Waals surface area contributed by atoms with Crippen molar-refractivity contribution in [3.05, 3.63) is 59.0 Å². The van der Waals surface area contributed by atoms with Gasteiger partial charge in [0.15, 0.2) is 6.29 Å². The number of aromatic nitrogens is 2. The molecule has 184 valence electrons. The second-order valence-electron chi connectivity index (χ2n) is 7.97. The van der Waals surface area contributed by atoms with Crippen LogP contribution >= 0.6 is 0 Å². The molecule has 3 aromatic rings. The molecule has 0 spiro atoms. The fraction of sp³-hybridized carbons (Fsp3) is 0.320. The molecule has 10 heteroatoms. The molecule has 2 heterocycles. The van der Waals surface area contributed by atoms with E-state index in [1.165, 1.54) is 30.3 Å². The Hall–Kier alpha value is -3.76. The van der Waals surface area contributed by atoms with Crippen molar-refractivity contribution >= 4 is 35.1 Å². The zero-order valence-electron chi connectivity index (χ0n) is 18.9. The molecule has 1 saturated heterocycles. The van der Waals surface area contributed by atoms with Crippen LogP contribution in [0.5, 0.6) is 5.75 Å². The van der Waals surface area contributed by atoms with Gasteiger partial charge in [-0.1, -0.05) is 18.2 Å². The molecule has 0 amide bonds. The maximum atomic E-state index is 13.2. The van der Waals surface area contributed by atoms with Crippen LogP contribution in [0.4, 0.5) is 9.18 Å². The average molecular weight is 484 g/mol. The molecule has 0 saturated carbocycles. The summed E-state index contributed by atoms with van der Waals surface area (Å²) in [5.41, 5.74) is 0.929. The van der Waals surface area contributed by atoms with E-state index in [0.29, 0.717) is 25.2 Å². The third-order valence-electron chi connectivity index (χ3n) is 5.52. The lowest BCUT2D eigenvalue weighted by Gasteiger charge is -2.22. The molecule has 1 aliphatic rings. The van der Waals surface area contributed by atoms with Crippen molar-refractivity contribution in [1.82, 2.24) is 9.78 Å². The smallest absolute Gasteiger partial charge is 0.432 e. The second kappa shape index (κ2) is 11.1. The van der Waals surface area contributed by atoms with Crippen molar-refractivity contribution in [3.63, 3.8) is 0 Å². The highest BCUT2D eigenvalue weighted by Gasteiger charge is 2.23. The first kappa shape index (κ1) is 24.4.